The minimum atomic E-state index is 0.411. The van der Waals surface area contributed by atoms with E-state index in [4.69, 9.17) is 0 Å². The van der Waals surface area contributed by atoms with Gasteiger partial charge in [0.2, 0.25) is 0 Å². The monoisotopic (exact) mass is 253 g/mol. The minimum Gasteiger partial charge on any atom is -0.357 e. The molecule has 0 saturated heterocycles. The van der Waals surface area contributed by atoms with Crippen molar-refractivity contribution in [2.45, 2.75) is 25.6 Å². The Morgan fingerprint density at radius 3 is 3.16 bits per heavy atom. The van der Waals surface area contributed by atoms with Crippen LogP contribution in [0.1, 0.15) is 11.3 Å². The molecule has 1 aliphatic rings. The Labute approximate surface area is 110 Å². The van der Waals surface area contributed by atoms with E-state index in [1.54, 1.807) is 6.20 Å². The molecule has 19 heavy (non-hydrogen) atoms. The molecule has 5 heteroatoms. The predicted molar refractivity (Wildman–Crippen MR) is 72.7 cm³/mol. The SMILES string of the molecule is c1ccc2c3c([nH]c2c1)CN[C@H](Cn1ccnn1)C3. The molecule has 2 N–H and O–H groups in total. The number of fused-ring (bicyclic) bond motifs is 3. The van der Waals surface area contributed by atoms with Crippen LogP contribution < -0.4 is 5.32 Å². The topological polar surface area (TPSA) is 58.5 Å². The number of hydrogen-bond donors (Lipinski definition) is 2. The number of para-hydroxylation sites is 1. The number of benzene rings is 1. The van der Waals surface area contributed by atoms with E-state index < -0.39 is 0 Å². The van der Waals surface area contributed by atoms with Crippen molar-refractivity contribution in [3.8, 4) is 0 Å². The molecule has 96 valence electrons. The van der Waals surface area contributed by atoms with E-state index in [0.29, 0.717) is 6.04 Å². The molecule has 0 saturated carbocycles. The molecule has 1 aromatic carbocycles. The highest BCUT2D eigenvalue weighted by Gasteiger charge is 2.22. The molecule has 0 unspecified atom stereocenters. The van der Waals surface area contributed by atoms with E-state index >= 15 is 0 Å². The lowest BCUT2D eigenvalue weighted by atomic mass is 9.98. The lowest BCUT2D eigenvalue weighted by Gasteiger charge is -2.23. The Balaban J connectivity index is 1.65. The van der Waals surface area contributed by atoms with E-state index in [-0.39, 0.29) is 0 Å². The predicted octanol–water partition coefficient (Wildman–Crippen LogP) is 1.47. The second kappa shape index (κ2) is 4.20. The zero-order valence-corrected chi connectivity index (χ0v) is 10.5. The highest BCUT2D eigenvalue weighted by molar-refractivity contribution is 5.84. The van der Waals surface area contributed by atoms with E-state index in [2.05, 4.69) is 44.9 Å². The molecule has 2 aromatic heterocycles. The van der Waals surface area contributed by atoms with Crippen LogP contribution in [0.5, 0.6) is 0 Å². The molecular formula is C14H15N5. The third kappa shape index (κ3) is 1.82. The summed E-state index contributed by atoms with van der Waals surface area (Å²) in [7, 11) is 0. The van der Waals surface area contributed by atoms with Crippen LogP contribution in [0.3, 0.4) is 0 Å². The van der Waals surface area contributed by atoms with Gasteiger partial charge in [-0.25, -0.2) is 0 Å². The standard InChI is InChI=1S/C14H15N5/c1-2-4-13-11(3-1)12-7-10(15-8-14(12)17-13)9-19-6-5-16-18-19/h1-6,10,15,17H,7-9H2/t10-/m0/s1. The van der Waals surface area contributed by atoms with Crippen LogP contribution in [-0.2, 0) is 19.5 Å². The third-order valence-corrected chi connectivity index (χ3v) is 3.80. The second-order valence-corrected chi connectivity index (χ2v) is 5.03. The van der Waals surface area contributed by atoms with Crippen LogP contribution >= 0.6 is 0 Å². The summed E-state index contributed by atoms with van der Waals surface area (Å²) in [5.74, 6) is 0. The van der Waals surface area contributed by atoms with Crippen molar-refractivity contribution >= 4 is 10.9 Å². The number of H-pyrrole nitrogens is 1. The minimum absolute atomic E-state index is 0.411. The fourth-order valence-corrected chi connectivity index (χ4v) is 2.89. The van der Waals surface area contributed by atoms with Gasteiger partial charge in [-0.05, 0) is 18.1 Å². The van der Waals surface area contributed by atoms with Gasteiger partial charge in [-0.1, -0.05) is 23.4 Å². The first-order chi connectivity index (χ1) is 9.40. The summed E-state index contributed by atoms with van der Waals surface area (Å²) >= 11 is 0. The summed E-state index contributed by atoms with van der Waals surface area (Å²) in [6, 6.07) is 8.92. The summed E-state index contributed by atoms with van der Waals surface area (Å²) < 4.78 is 1.89. The van der Waals surface area contributed by atoms with Crippen LogP contribution in [0.25, 0.3) is 10.9 Å². The highest BCUT2D eigenvalue weighted by Crippen LogP contribution is 2.26. The van der Waals surface area contributed by atoms with Gasteiger partial charge in [0.1, 0.15) is 0 Å². The molecule has 0 bridgehead atoms. The number of nitrogens with one attached hydrogen (secondary N) is 2. The molecule has 3 aromatic rings. The lowest BCUT2D eigenvalue weighted by Crippen LogP contribution is -2.38. The van der Waals surface area contributed by atoms with Gasteiger partial charge in [0.25, 0.3) is 0 Å². The Hall–Kier alpha value is -2.14. The molecule has 0 aliphatic carbocycles. The van der Waals surface area contributed by atoms with E-state index in [1.807, 2.05) is 10.9 Å². The molecule has 0 fully saturated rings. The van der Waals surface area contributed by atoms with Gasteiger partial charge < -0.3 is 10.3 Å². The quantitative estimate of drug-likeness (QED) is 0.727. The zero-order chi connectivity index (χ0) is 12.7. The van der Waals surface area contributed by atoms with Gasteiger partial charge in [-0.2, -0.15) is 0 Å². The normalized spacial score (nSPS) is 18.6. The number of aromatic amines is 1. The average molecular weight is 253 g/mol. The summed E-state index contributed by atoms with van der Waals surface area (Å²) in [5.41, 5.74) is 3.99. The molecular weight excluding hydrogens is 238 g/mol. The molecule has 0 spiro atoms. The maximum atomic E-state index is 4.04. The molecule has 4 rings (SSSR count). The largest absolute Gasteiger partial charge is 0.357 e. The zero-order valence-electron chi connectivity index (χ0n) is 10.5. The first-order valence-electron chi connectivity index (χ1n) is 6.56. The van der Waals surface area contributed by atoms with Crippen molar-refractivity contribution in [2.75, 3.05) is 0 Å². The number of aromatic nitrogens is 4. The summed E-state index contributed by atoms with van der Waals surface area (Å²) in [4.78, 5) is 3.50. The van der Waals surface area contributed by atoms with Crippen LogP contribution in [0.15, 0.2) is 36.7 Å². The maximum absolute atomic E-state index is 4.04. The maximum Gasteiger partial charge on any atom is 0.0692 e. The summed E-state index contributed by atoms with van der Waals surface area (Å²) in [6.07, 6.45) is 4.66. The van der Waals surface area contributed by atoms with Crippen LogP contribution in [-0.4, -0.2) is 26.0 Å². The molecule has 3 heterocycles. The van der Waals surface area contributed by atoms with Crippen LogP contribution in [0, 0.1) is 0 Å². The first-order valence-corrected chi connectivity index (χ1v) is 6.56. The van der Waals surface area contributed by atoms with Crippen molar-refractivity contribution < 1.29 is 0 Å². The van der Waals surface area contributed by atoms with Crippen molar-refractivity contribution in [3.05, 3.63) is 47.9 Å². The van der Waals surface area contributed by atoms with Crippen LogP contribution in [0.4, 0.5) is 0 Å². The Bertz CT molecular complexity index is 698. The average Bonchev–Trinajstić information content (AvgIpc) is 3.06. The number of hydrogen-bond acceptors (Lipinski definition) is 3. The van der Waals surface area contributed by atoms with Gasteiger partial charge >= 0.3 is 0 Å². The first kappa shape index (κ1) is 10.8. The lowest BCUT2D eigenvalue weighted by molar-refractivity contribution is 0.398. The van der Waals surface area contributed by atoms with Crippen molar-refractivity contribution in [2.24, 2.45) is 0 Å². The van der Waals surface area contributed by atoms with Gasteiger partial charge in [0.15, 0.2) is 0 Å². The second-order valence-electron chi connectivity index (χ2n) is 5.03. The Morgan fingerprint density at radius 1 is 1.32 bits per heavy atom. The van der Waals surface area contributed by atoms with Gasteiger partial charge in [0, 0.05) is 35.4 Å². The van der Waals surface area contributed by atoms with E-state index in [9.17, 15) is 0 Å². The Kier molecular flexibility index (Phi) is 2.38. The molecule has 0 radical (unpaired) electrons. The van der Waals surface area contributed by atoms with Crippen molar-refractivity contribution in [1.82, 2.24) is 25.3 Å². The fourth-order valence-electron chi connectivity index (χ4n) is 2.89. The van der Waals surface area contributed by atoms with Gasteiger partial charge in [-0.3, -0.25) is 4.68 Å². The van der Waals surface area contributed by atoms with E-state index in [1.165, 1.54) is 22.2 Å². The molecule has 5 nitrogen and oxygen atoms in total. The van der Waals surface area contributed by atoms with Crippen molar-refractivity contribution in [1.29, 1.82) is 0 Å². The third-order valence-electron chi connectivity index (χ3n) is 3.80. The van der Waals surface area contributed by atoms with E-state index in [0.717, 1.165) is 19.5 Å². The Morgan fingerprint density at radius 2 is 2.26 bits per heavy atom. The van der Waals surface area contributed by atoms with Gasteiger partial charge in [0.05, 0.1) is 12.7 Å². The molecule has 1 atom stereocenters. The highest BCUT2D eigenvalue weighted by atomic mass is 15.4. The van der Waals surface area contributed by atoms with Crippen molar-refractivity contribution in [3.63, 3.8) is 0 Å². The number of nitrogens with zero attached hydrogens (tertiary/aromatic N) is 3. The fraction of sp³-hybridized carbons (Fsp3) is 0.286. The number of rotatable bonds is 2. The van der Waals surface area contributed by atoms with Gasteiger partial charge in [-0.15, -0.1) is 5.10 Å². The summed E-state index contributed by atoms with van der Waals surface area (Å²) in [5, 5.41) is 12.8. The van der Waals surface area contributed by atoms with Crippen LogP contribution in [0.2, 0.25) is 0 Å². The smallest absolute Gasteiger partial charge is 0.0692 e. The molecule has 0 amide bonds. The molecule has 1 aliphatic heterocycles. The summed E-state index contributed by atoms with van der Waals surface area (Å²) in [6.45, 7) is 1.75.